The van der Waals surface area contributed by atoms with Crippen molar-refractivity contribution in [1.82, 2.24) is 4.31 Å². The molecule has 0 saturated carbocycles. The summed E-state index contributed by atoms with van der Waals surface area (Å²) in [7, 11) is -2.66. The average Bonchev–Trinajstić information content (AvgIpc) is 2.80. The molecule has 0 aliphatic carbocycles. The number of ether oxygens (including phenoxy) is 1. The molecule has 180 valence electrons. The molecule has 8 heteroatoms. The van der Waals surface area contributed by atoms with Crippen molar-refractivity contribution >= 4 is 31.9 Å². The largest absolute Gasteiger partial charge is 0.496 e. The van der Waals surface area contributed by atoms with Gasteiger partial charge in [0.25, 0.3) is 0 Å². The Balaban J connectivity index is 2.18. The summed E-state index contributed by atoms with van der Waals surface area (Å²) in [5.74, 6) is -0.613. The lowest BCUT2D eigenvalue weighted by Gasteiger charge is -2.30. The Labute approximate surface area is 209 Å². The lowest BCUT2D eigenvalue weighted by atomic mass is 10.1. The number of aliphatic carboxylic acids is 1. The number of hydrogen-bond acceptors (Lipinski definition) is 4. The molecule has 3 aromatic rings. The Morgan fingerprint density at radius 2 is 1.62 bits per heavy atom. The van der Waals surface area contributed by atoms with Crippen LogP contribution < -0.4 is 4.74 Å². The summed E-state index contributed by atoms with van der Waals surface area (Å²) in [5, 5.41) is 10.2. The molecule has 0 aromatic heterocycles. The minimum atomic E-state index is -4.20. The Bertz CT molecular complexity index is 1270. The highest BCUT2D eigenvalue weighted by Gasteiger charge is 2.38. The van der Waals surface area contributed by atoms with Crippen LogP contribution in [-0.2, 0) is 27.8 Å². The second-order valence-corrected chi connectivity index (χ2v) is 10.9. The van der Waals surface area contributed by atoms with Crippen LogP contribution in [0.15, 0.2) is 70.0 Å². The SMILES string of the molecule is COc1cc(C)c(S(=O)(=O)N(Cc2ccc(Br)cc2)C(Cc2ccccc2)C(=O)O)c(C)c1C. The first-order chi connectivity index (χ1) is 16.1. The summed E-state index contributed by atoms with van der Waals surface area (Å²) in [6.45, 7) is 5.14. The molecular weight excluding hydrogens is 518 g/mol. The Kier molecular flexibility index (Phi) is 8.17. The third-order valence-corrected chi connectivity index (χ3v) is 8.60. The Hall–Kier alpha value is -2.68. The molecule has 0 radical (unpaired) electrons. The number of benzene rings is 3. The zero-order valence-corrected chi connectivity index (χ0v) is 22.0. The minimum Gasteiger partial charge on any atom is -0.496 e. The number of carboxylic acid groups (broad SMARTS) is 1. The van der Waals surface area contributed by atoms with Gasteiger partial charge in [0.2, 0.25) is 10.0 Å². The van der Waals surface area contributed by atoms with Gasteiger partial charge in [-0.25, -0.2) is 8.42 Å². The van der Waals surface area contributed by atoms with E-state index in [0.29, 0.717) is 28.0 Å². The maximum Gasteiger partial charge on any atom is 0.322 e. The first kappa shape index (κ1) is 25.9. The van der Waals surface area contributed by atoms with Crippen LogP contribution in [0, 0.1) is 20.8 Å². The molecule has 0 aliphatic heterocycles. The van der Waals surface area contributed by atoms with Crippen molar-refractivity contribution in [3.63, 3.8) is 0 Å². The minimum absolute atomic E-state index is 0.0408. The summed E-state index contributed by atoms with van der Waals surface area (Å²) < 4.78 is 35.6. The molecule has 0 aliphatic rings. The zero-order valence-electron chi connectivity index (χ0n) is 19.6. The van der Waals surface area contributed by atoms with E-state index in [1.165, 1.54) is 7.11 Å². The van der Waals surface area contributed by atoms with Gasteiger partial charge >= 0.3 is 5.97 Å². The van der Waals surface area contributed by atoms with Crippen LogP contribution in [0.3, 0.4) is 0 Å². The monoisotopic (exact) mass is 545 g/mol. The fourth-order valence-electron chi connectivity index (χ4n) is 4.03. The Morgan fingerprint density at radius 1 is 1.00 bits per heavy atom. The number of aryl methyl sites for hydroxylation is 1. The number of nitrogens with zero attached hydrogens (tertiary/aromatic N) is 1. The van der Waals surface area contributed by atoms with Gasteiger partial charge in [0, 0.05) is 11.0 Å². The molecule has 0 amide bonds. The smallest absolute Gasteiger partial charge is 0.322 e. The third-order valence-electron chi connectivity index (χ3n) is 5.92. The van der Waals surface area contributed by atoms with Crippen molar-refractivity contribution in [2.24, 2.45) is 0 Å². The number of carbonyl (C=O) groups is 1. The first-order valence-electron chi connectivity index (χ1n) is 10.7. The van der Waals surface area contributed by atoms with Crippen molar-refractivity contribution in [1.29, 1.82) is 0 Å². The molecule has 0 heterocycles. The second kappa shape index (κ2) is 10.7. The fraction of sp³-hybridized carbons (Fsp3) is 0.269. The number of rotatable bonds is 9. The van der Waals surface area contributed by atoms with E-state index in [9.17, 15) is 18.3 Å². The maximum atomic E-state index is 14.1. The van der Waals surface area contributed by atoms with E-state index in [-0.39, 0.29) is 17.9 Å². The van der Waals surface area contributed by atoms with Gasteiger partial charge in [-0.1, -0.05) is 58.4 Å². The molecule has 0 spiro atoms. The van der Waals surface area contributed by atoms with Crippen LogP contribution >= 0.6 is 15.9 Å². The number of methoxy groups -OCH3 is 1. The highest BCUT2D eigenvalue weighted by molar-refractivity contribution is 9.10. The quantitative estimate of drug-likeness (QED) is 0.396. The van der Waals surface area contributed by atoms with Crippen molar-refractivity contribution in [2.75, 3.05) is 7.11 Å². The van der Waals surface area contributed by atoms with Gasteiger partial charge in [0.05, 0.1) is 12.0 Å². The van der Waals surface area contributed by atoms with E-state index in [1.54, 1.807) is 63.2 Å². The predicted molar refractivity (Wildman–Crippen MR) is 136 cm³/mol. The van der Waals surface area contributed by atoms with E-state index in [0.717, 1.165) is 14.3 Å². The summed E-state index contributed by atoms with van der Waals surface area (Å²) in [6, 6.07) is 16.6. The van der Waals surface area contributed by atoms with E-state index in [2.05, 4.69) is 15.9 Å². The highest BCUT2D eigenvalue weighted by Crippen LogP contribution is 2.34. The zero-order chi connectivity index (χ0) is 25.0. The number of halogens is 1. The van der Waals surface area contributed by atoms with Crippen LogP contribution in [0.25, 0.3) is 0 Å². The second-order valence-electron chi connectivity index (χ2n) is 8.20. The molecular formula is C26H28BrNO5S. The van der Waals surface area contributed by atoms with E-state index in [1.807, 2.05) is 18.2 Å². The van der Waals surface area contributed by atoms with E-state index < -0.39 is 22.0 Å². The average molecular weight is 546 g/mol. The summed E-state index contributed by atoms with van der Waals surface area (Å²) in [4.78, 5) is 12.6. The molecule has 1 atom stereocenters. The number of hydrogen-bond donors (Lipinski definition) is 1. The summed E-state index contributed by atoms with van der Waals surface area (Å²) >= 11 is 3.39. The van der Waals surface area contributed by atoms with Crippen LogP contribution in [0.1, 0.15) is 27.8 Å². The molecule has 1 unspecified atom stereocenters. The summed E-state index contributed by atoms with van der Waals surface area (Å²) in [6.07, 6.45) is 0.0408. The molecule has 3 rings (SSSR count). The van der Waals surface area contributed by atoms with Crippen LogP contribution in [0.2, 0.25) is 0 Å². The van der Waals surface area contributed by atoms with Crippen molar-refractivity contribution < 1.29 is 23.1 Å². The molecule has 0 fully saturated rings. The van der Waals surface area contributed by atoms with E-state index in [4.69, 9.17) is 4.74 Å². The van der Waals surface area contributed by atoms with Crippen LogP contribution in [-0.4, -0.2) is 37.0 Å². The van der Waals surface area contributed by atoms with Gasteiger partial charge in [-0.15, -0.1) is 0 Å². The number of carboxylic acids is 1. The van der Waals surface area contributed by atoms with Gasteiger partial charge in [0.15, 0.2) is 0 Å². The molecule has 34 heavy (non-hydrogen) atoms. The predicted octanol–water partition coefficient (Wildman–Crippen LogP) is 5.27. The normalized spacial score (nSPS) is 12.5. The topological polar surface area (TPSA) is 83.9 Å². The van der Waals surface area contributed by atoms with Gasteiger partial charge in [-0.05, 0) is 73.2 Å². The van der Waals surface area contributed by atoms with Gasteiger partial charge in [-0.2, -0.15) is 4.31 Å². The van der Waals surface area contributed by atoms with Crippen LogP contribution in [0.5, 0.6) is 5.75 Å². The fourth-order valence-corrected chi connectivity index (χ4v) is 6.35. The van der Waals surface area contributed by atoms with Gasteiger partial charge in [0.1, 0.15) is 11.8 Å². The standard InChI is InChI=1S/C26H28BrNO5S/c1-17-14-24(33-4)18(2)19(3)25(17)34(31,32)28(16-21-10-12-22(27)13-11-21)23(26(29)30)15-20-8-6-5-7-9-20/h5-14,23H,15-16H2,1-4H3,(H,29,30). The molecule has 0 bridgehead atoms. The summed E-state index contributed by atoms with van der Waals surface area (Å²) in [5.41, 5.74) is 3.17. The van der Waals surface area contributed by atoms with Crippen LogP contribution in [0.4, 0.5) is 0 Å². The molecule has 0 saturated heterocycles. The van der Waals surface area contributed by atoms with Gasteiger partial charge < -0.3 is 9.84 Å². The molecule has 6 nitrogen and oxygen atoms in total. The Morgan fingerprint density at radius 3 is 2.18 bits per heavy atom. The van der Waals surface area contributed by atoms with Gasteiger partial charge in [-0.3, -0.25) is 4.79 Å². The van der Waals surface area contributed by atoms with Crippen molar-refractivity contribution in [3.8, 4) is 5.75 Å². The molecule has 3 aromatic carbocycles. The van der Waals surface area contributed by atoms with Crippen molar-refractivity contribution in [3.05, 3.63) is 93.0 Å². The lowest BCUT2D eigenvalue weighted by molar-refractivity contribution is -0.141. The highest BCUT2D eigenvalue weighted by atomic mass is 79.9. The molecule has 1 N–H and O–H groups in total. The van der Waals surface area contributed by atoms with Crippen molar-refractivity contribution in [2.45, 2.75) is 44.7 Å². The number of sulfonamides is 1. The maximum absolute atomic E-state index is 14.1. The van der Waals surface area contributed by atoms with E-state index >= 15 is 0 Å². The lowest BCUT2D eigenvalue weighted by Crippen LogP contribution is -2.46. The third kappa shape index (κ3) is 5.51. The first-order valence-corrected chi connectivity index (χ1v) is 13.0.